The number of aromatic amines is 1. The van der Waals surface area contributed by atoms with Gasteiger partial charge in [-0.25, -0.2) is 9.97 Å². The molecule has 18 heavy (non-hydrogen) atoms. The number of thiazole rings is 1. The number of fused-ring (bicyclic) bond motifs is 1. The van der Waals surface area contributed by atoms with Crippen LogP contribution in [-0.2, 0) is 0 Å². The zero-order valence-corrected chi connectivity index (χ0v) is 10.9. The molecule has 0 bridgehead atoms. The highest BCUT2D eigenvalue weighted by molar-refractivity contribution is 7.09. The Morgan fingerprint density at radius 1 is 1.39 bits per heavy atom. The molecule has 92 valence electrons. The van der Waals surface area contributed by atoms with Gasteiger partial charge in [0.05, 0.1) is 17.1 Å². The lowest BCUT2D eigenvalue weighted by Crippen LogP contribution is -2.10. The maximum atomic E-state index is 4.52. The molecule has 3 rings (SSSR count). The van der Waals surface area contributed by atoms with E-state index in [9.17, 15) is 0 Å². The summed E-state index contributed by atoms with van der Waals surface area (Å²) >= 11 is 1.67. The molecule has 0 aliphatic heterocycles. The van der Waals surface area contributed by atoms with E-state index < -0.39 is 0 Å². The number of hydrogen-bond donors (Lipinski definition) is 2. The van der Waals surface area contributed by atoms with E-state index in [0.29, 0.717) is 0 Å². The van der Waals surface area contributed by atoms with Crippen molar-refractivity contribution in [3.8, 4) is 0 Å². The Balaban J connectivity index is 1.86. The summed E-state index contributed by atoms with van der Waals surface area (Å²) in [6.45, 7) is 2.14. The largest absolute Gasteiger partial charge is 0.347 e. The predicted octanol–water partition coefficient (Wildman–Crippen LogP) is 3.58. The van der Waals surface area contributed by atoms with Crippen LogP contribution in [0.3, 0.4) is 0 Å². The van der Waals surface area contributed by atoms with E-state index in [0.717, 1.165) is 28.4 Å². The number of H-pyrrole nitrogens is 1. The number of hydrogen-bond acceptors (Lipinski definition) is 4. The molecule has 5 heteroatoms. The summed E-state index contributed by atoms with van der Waals surface area (Å²) in [7, 11) is 0. The van der Waals surface area contributed by atoms with E-state index >= 15 is 0 Å². The molecule has 4 nitrogen and oxygen atoms in total. The Morgan fingerprint density at radius 2 is 2.28 bits per heavy atom. The van der Waals surface area contributed by atoms with Crippen molar-refractivity contribution >= 4 is 28.3 Å². The number of nitrogens with one attached hydrogen (secondary N) is 2. The zero-order chi connectivity index (χ0) is 12.4. The van der Waals surface area contributed by atoms with Crippen molar-refractivity contribution < 1.29 is 0 Å². The molecular weight excluding hydrogens is 244 g/mol. The van der Waals surface area contributed by atoms with Crippen LogP contribution in [0.4, 0.5) is 5.95 Å². The molecule has 0 spiro atoms. The molecule has 1 unspecified atom stereocenters. The summed E-state index contributed by atoms with van der Waals surface area (Å²) < 4.78 is 0. The number of rotatable bonds is 4. The molecule has 0 amide bonds. The summed E-state index contributed by atoms with van der Waals surface area (Å²) in [5.41, 5.74) is 2.03. The molecular formula is C13H14N4S. The maximum Gasteiger partial charge on any atom is 0.201 e. The van der Waals surface area contributed by atoms with Gasteiger partial charge in [0.2, 0.25) is 5.95 Å². The van der Waals surface area contributed by atoms with Crippen LogP contribution in [0.15, 0.2) is 35.8 Å². The van der Waals surface area contributed by atoms with Gasteiger partial charge in [0.1, 0.15) is 5.01 Å². The van der Waals surface area contributed by atoms with Crippen LogP contribution in [0.2, 0.25) is 0 Å². The van der Waals surface area contributed by atoms with E-state index in [4.69, 9.17) is 0 Å². The van der Waals surface area contributed by atoms with Gasteiger partial charge < -0.3 is 10.3 Å². The molecule has 0 saturated carbocycles. The fourth-order valence-corrected chi connectivity index (χ4v) is 2.70. The monoisotopic (exact) mass is 258 g/mol. The van der Waals surface area contributed by atoms with Crippen molar-refractivity contribution in [2.75, 3.05) is 5.32 Å². The van der Waals surface area contributed by atoms with Crippen LogP contribution in [0.5, 0.6) is 0 Å². The van der Waals surface area contributed by atoms with Crippen LogP contribution in [0.25, 0.3) is 11.0 Å². The first-order chi connectivity index (χ1) is 8.86. The first-order valence-electron chi connectivity index (χ1n) is 5.97. The highest BCUT2D eigenvalue weighted by Crippen LogP contribution is 2.24. The minimum Gasteiger partial charge on any atom is -0.347 e. The third-order valence-corrected chi connectivity index (χ3v) is 3.75. The van der Waals surface area contributed by atoms with Gasteiger partial charge in [0.25, 0.3) is 0 Å². The number of imidazole rings is 1. The minimum atomic E-state index is 0.213. The second-order valence-corrected chi connectivity index (χ2v) is 5.00. The Bertz CT molecular complexity index is 596. The zero-order valence-electron chi connectivity index (χ0n) is 10.1. The number of aromatic nitrogens is 3. The van der Waals surface area contributed by atoms with Gasteiger partial charge in [0, 0.05) is 11.6 Å². The van der Waals surface area contributed by atoms with Crippen molar-refractivity contribution in [1.82, 2.24) is 15.0 Å². The fraction of sp³-hybridized carbons (Fsp3) is 0.231. The van der Waals surface area contributed by atoms with Gasteiger partial charge in [-0.05, 0) is 18.6 Å². The van der Waals surface area contributed by atoms with Gasteiger partial charge in [-0.3, -0.25) is 0 Å². The predicted molar refractivity (Wildman–Crippen MR) is 74.9 cm³/mol. The molecule has 0 fully saturated rings. The molecule has 1 aromatic carbocycles. The molecule has 0 aliphatic rings. The van der Waals surface area contributed by atoms with Crippen molar-refractivity contribution in [3.63, 3.8) is 0 Å². The lowest BCUT2D eigenvalue weighted by molar-refractivity contribution is 0.734. The van der Waals surface area contributed by atoms with Crippen molar-refractivity contribution in [2.24, 2.45) is 0 Å². The second kappa shape index (κ2) is 4.78. The van der Waals surface area contributed by atoms with E-state index in [1.807, 2.05) is 35.8 Å². The molecule has 0 aliphatic carbocycles. The first kappa shape index (κ1) is 11.2. The average Bonchev–Trinajstić information content (AvgIpc) is 3.04. The van der Waals surface area contributed by atoms with Crippen LogP contribution in [-0.4, -0.2) is 15.0 Å². The van der Waals surface area contributed by atoms with Gasteiger partial charge in [-0.2, -0.15) is 0 Å². The van der Waals surface area contributed by atoms with Gasteiger partial charge in [0.15, 0.2) is 0 Å². The lowest BCUT2D eigenvalue weighted by Gasteiger charge is -2.12. The Labute approximate surface area is 109 Å². The quantitative estimate of drug-likeness (QED) is 0.752. The summed E-state index contributed by atoms with van der Waals surface area (Å²) in [5, 5.41) is 6.50. The molecule has 1 atom stereocenters. The standard InChI is InChI=1S/C13H14N4S/c1-2-9(12-14-7-8-18-12)15-13-16-10-5-3-4-6-11(10)17-13/h3-9H,2H2,1H3,(H2,15,16,17). The third kappa shape index (κ3) is 2.09. The number of benzene rings is 1. The van der Waals surface area contributed by atoms with E-state index in [2.05, 4.69) is 27.2 Å². The summed E-state index contributed by atoms with van der Waals surface area (Å²) in [5.74, 6) is 0.804. The van der Waals surface area contributed by atoms with Crippen molar-refractivity contribution in [3.05, 3.63) is 40.8 Å². The third-order valence-electron chi connectivity index (χ3n) is 2.86. The number of anilines is 1. The lowest BCUT2D eigenvalue weighted by atomic mass is 10.2. The normalized spacial score (nSPS) is 12.7. The highest BCUT2D eigenvalue weighted by Gasteiger charge is 2.13. The van der Waals surface area contributed by atoms with Gasteiger partial charge in [-0.1, -0.05) is 19.1 Å². The van der Waals surface area contributed by atoms with E-state index in [1.54, 1.807) is 11.3 Å². The summed E-state index contributed by atoms with van der Waals surface area (Å²) in [4.78, 5) is 12.1. The summed E-state index contributed by atoms with van der Waals surface area (Å²) in [6.07, 6.45) is 2.81. The highest BCUT2D eigenvalue weighted by atomic mass is 32.1. The van der Waals surface area contributed by atoms with E-state index in [-0.39, 0.29) is 6.04 Å². The molecule has 2 N–H and O–H groups in total. The number of para-hydroxylation sites is 2. The van der Waals surface area contributed by atoms with Crippen molar-refractivity contribution in [2.45, 2.75) is 19.4 Å². The topological polar surface area (TPSA) is 53.6 Å². The molecule has 0 saturated heterocycles. The molecule has 2 aromatic heterocycles. The van der Waals surface area contributed by atoms with Crippen LogP contribution < -0.4 is 5.32 Å². The van der Waals surface area contributed by atoms with Crippen LogP contribution in [0, 0.1) is 0 Å². The van der Waals surface area contributed by atoms with Crippen LogP contribution in [0.1, 0.15) is 24.4 Å². The van der Waals surface area contributed by atoms with Crippen molar-refractivity contribution in [1.29, 1.82) is 0 Å². The Kier molecular flexibility index (Phi) is 2.98. The molecule has 0 radical (unpaired) electrons. The Hall–Kier alpha value is -1.88. The number of nitrogens with zero attached hydrogens (tertiary/aromatic N) is 2. The van der Waals surface area contributed by atoms with E-state index in [1.165, 1.54) is 0 Å². The van der Waals surface area contributed by atoms with Gasteiger partial charge in [-0.15, -0.1) is 11.3 Å². The molecule has 3 aromatic rings. The van der Waals surface area contributed by atoms with Gasteiger partial charge >= 0.3 is 0 Å². The summed E-state index contributed by atoms with van der Waals surface area (Å²) in [6, 6.07) is 8.23. The smallest absolute Gasteiger partial charge is 0.201 e. The van der Waals surface area contributed by atoms with Crippen LogP contribution >= 0.6 is 11.3 Å². The first-order valence-corrected chi connectivity index (χ1v) is 6.85. The molecule has 2 heterocycles. The maximum absolute atomic E-state index is 4.52. The average molecular weight is 258 g/mol. The fourth-order valence-electron chi connectivity index (χ4n) is 1.93. The SMILES string of the molecule is CCC(Nc1nc2ccccc2[nH]1)c1nccs1. The minimum absolute atomic E-state index is 0.213. The Morgan fingerprint density at radius 3 is 3.00 bits per heavy atom. The second-order valence-electron chi connectivity index (χ2n) is 4.08.